The number of ketones is 1. The molecule has 0 bridgehead atoms. The molecule has 3 N–H and O–H groups in total. The van der Waals surface area contributed by atoms with E-state index in [1.807, 2.05) is 6.07 Å². The average Bonchev–Trinajstić information content (AvgIpc) is 3.18. The van der Waals surface area contributed by atoms with Gasteiger partial charge in [-0.05, 0) is 11.6 Å². The van der Waals surface area contributed by atoms with Crippen molar-refractivity contribution in [2.24, 2.45) is 5.73 Å². The Balaban J connectivity index is 1.84. The maximum absolute atomic E-state index is 12.7. The third-order valence-electron chi connectivity index (χ3n) is 3.69. The van der Waals surface area contributed by atoms with E-state index in [9.17, 15) is 14.4 Å². The van der Waals surface area contributed by atoms with Crippen molar-refractivity contribution in [2.75, 3.05) is 0 Å². The smallest absolute Gasteiger partial charge is 0.287 e. The Morgan fingerprint density at radius 3 is 2.44 bits per heavy atom. The first-order valence-corrected chi connectivity index (χ1v) is 7.91. The molecule has 3 aromatic rings. The van der Waals surface area contributed by atoms with Crippen LogP contribution in [0.15, 0.2) is 55.2 Å². The molecule has 0 saturated carbocycles. The number of Topliss-reactive ketones (excluding diaryl/α,β-unsaturated/α-hetero) is 1. The maximum Gasteiger partial charge on any atom is 0.287 e. The van der Waals surface area contributed by atoms with Crippen LogP contribution in [0, 0.1) is 0 Å². The van der Waals surface area contributed by atoms with Crippen LogP contribution in [0.2, 0.25) is 0 Å². The Labute approximate surface area is 153 Å². The lowest BCUT2D eigenvalue weighted by molar-refractivity contribution is -0.137. The zero-order valence-corrected chi connectivity index (χ0v) is 14.0. The minimum Gasteiger partial charge on any atom is -0.363 e. The van der Waals surface area contributed by atoms with E-state index in [2.05, 4.69) is 25.4 Å². The summed E-state index contributed by atoms with van der Waals surface area (Å²) < 4.78 is 1.20. The summed E-state index contributed by atoms with van der Waals surface area (Å²) in [6, 6.07) is 9.29. The molecule has 0 radical (unpaired) electrons. The van der Waals surface area contributed by atoms with Crippen LogP contribution in [-0.2, 0) is 16.0 Å². The largest absolute Gasteiger partial charge is 0.363 e. The average molecular weight is 365 g/mol. The predicted molar refractivity (Wildman–Crippen MR) is 92.6 cm³/mol. The molecule has 2 amide bonds. The molecule has 0 aliphatic carbocycles. The van der Waals surface area contributed by atoms with E-state index in [0.717, 1.165) is 5.56 Å². The molecule has 2 heterocycles. The fourth-order valence-electron chi connectivity index (χ4n) is 2.44. The molecule has 27 heavy (non-hydrogen) atoms. The standard InChI is InChI=1S/C17H15N7O3/c18-15(26)14(25)12(8-11-4-2-1-3-5-11)23-16(27)13-6-7-22-24(13)17-20-9-19-10-21-17/h1-7,9-10,12H,8H2,(H2,18,26)(H,23,27). The normalized spacial score (nSPS) is 11.6. The number of primary amides is 1. The van der Waals surface area contributed by atoms with Crippen LogP contribution in [0.5, 0.6) is 0 Å². The zero-order chi connectivity index (χ0) is 19.2. The van der Waals surface area contributed by atoms with E-state index in [0.29, 0.717) is 0 Å². The fraction of sp³-hybridized carbons (Fsp3) is 0.118. The summed E-state index contributed by atoms with van der Waals surface area (Å²) in [6.07, 6.45) is 4.04. The first kappa shape index (κ1) is 17.9. The SMILES string of the molecule is NC(=O)C(=O)C(Cc1ccccc1)NC(=O)c1ccnn1-c1ncncn1. The Morgan fingerprint density at radius 2 is 1.78 bits per heavy atom. The highest BCUT2D eigenvalue weighted by Crippen LogP contribution is 2.08. The molecule has 2 aromatic heterocycles. The van der Waals surface area contributed by atoms with Crippen LogP contribution >= 0.6 is 0 Å². The summed E-state index contributed by atoms with van der Waals surface area (Å²) in [4.78, 5) is 47.8. The van der Waals surface area contributed by atoms with Crippen LogP contribution in [0.25, 0.3) is 5.95 Å². The number of rotatable bonds is 7. The van der Waals surface area contributed by atoms with Gasteiger partial charge in [0.1, 0.15) is 24.4 Å². The Morgan fingerprint density at radius 1 is 1.07 bits per heavy atom. The van der Waals surface area contributed by atoms with Gasteiger partial charge in [0, 0.05) is 6.42 Å². The van der Waals surface area contributed by atoms with Gasteiger partial charge in [-0.3, -0.25) is 14.4 Å². The summed E-state index contributed by atoms with van der Waals surface area (Å²) >= 11 is 0. The predicted octanol–water partition coefficient (Wildman–Crippen LogP) is -0.547. The van der Waals surface area contributed by atoms with Gasteiger partial charge in [0.05, 0.1) is 6.20 Å². The van der Waals surface area contributed by atoms with E-state index in [1.165, 1.54) is 29.6 Å². The number of carbonyl (C=O) groups is 3. The van der Waals surface area contributed by atoms with Gasteiger partial charge in [0.25, 0.3) is 17.8 Å². The van der Waals surface area contributed by atoms with Crippen LogP contribution in [-0.4, -0.2) is 48.4 Å². The number of hydrogen-bond donors (Lipinski definition) is 2. The van der Waals surface area contributed by atoms with Gasteiger partial charge < -0.3 is 11.1 Å². The highest BCUT2D eigenvalue weighted by molar-refractivity contribution is 6.38. The monoisotopic (exact) mass is 365 g/mol. The number of benzene rings is 1. The van der Waals surface area contributed by atoms with Crippen molar-refractivity contribution in [1.29, 1.82) is 0 Å². The molecule has 0 spiro atoms. The molecule has 1 unspecified atom stereocenters. The Hall–Kier alpha value is -3.95. The number of nitrogens with one attached hydrogen (secondary N) is 1. The number of nitrogens with two attached hydrogens (primary N) is 1. The van der Waals surface area contributed by atoms with E-state index in [4.69, 9.17) is 5.73 Å². The molecular weight excluding hydrogens is 350 g/mol. The van der Waals surface area contributed by atoms with Crippen molar-refractivity contribution in [2.45, 2.75) is 12.5 Å². The van der Waals surface area contributed by atoms with Crippen molar-refractivity contribution < 1.29 is 14.4 Å². The number of nitrogens with zero attached hydrogens (tertiary/aromatic N) is 5. The molecular formula is C17H15N7O3. The second-order valence-corrected chi connectivity index (χ2v) is 5.51. The second-order valence-electron chi connectivity index (χ2n) is 5.51. The zero-order valence-electron chi connectivity index (χ0n) is 14.0. The third-order valence-corrected chi connectivity index (χ3v) is 3.69. The molecule has 1 atom stereocenters. The molecule has 3 rings (SSSR count). The highest BCUT2D eigenvalue weighted by atomic mass is 16.2. The quantitative estimate of drug-likeness (QED) is 0.534. The van der Waals surface area contributed by atoms with Gasteiger partial charge >= 0.3 is 0 Å². The summed E-state index contributed by atoms with van der Waals surface area (Å²) in [5, 5.41) is 6.54. The molecule has 1 aromatic carbocycles. The second kappa shape index (κ2) is 7.95. The topological polar surface area (TPSA) is 146 Å². The maximum atomic E-state index is 12.7. The third kappa shape index (κ3) is 4.18. The number of amides is 2. The minimum absolute atomic E-state index is 0.0940. The summed E-state index contributed by atoms with van der Waals surface area (Å²) in [7, 11) is 0. The fourth-order valence-corrected chi connectivity index (χ4v) is 2.44. The van der Waals surface area contributed by atoms with Crippen LogP contribution in [0.4, 0.5) is 0 Å². The minimum atomic E-state index is -1.12. The van der Waals surface area contributed by atoms with Gasteiger partial charge in [-0.15, -0.1) is 0 Å². The van der Waals surface area contributed by atoms with Crippen molar-refractivity contribution in [3.8, 4) is 5.95 Å². The highest BCUT2D eigenvalue weighted by Gasteiger charge is 2.27. The first-order valence-electron chi connectivity index (χ1n) is 7.91. The van der Waals surface area contributed by atoms with E-state index in [1.54, 1.807) is 24.3 Å². The molecule has 0 saturated heterocycles. The van der Waals surface area contributed by atoms with Crippen molar-refractivity contribution in [3.05, 3.63) is 66.5 Å². The molecule has 0 aliphatic heterocycles. The molecule has 0 fully saturated rings. The lowest BCUT2D eigenvalue weighted by atomic mass is 10.0. The van der Waals surface area contributed by atoms with Crippen LogP contribution in [0.1, 0.15) is 16.1 Å². The van der Waals surface area contributed by atoms with Gasteiger partial charge in [-0.25, -0.2) is 4.98 Å². The lowest BCUT2D eigenvalue weighted by Crippen LogP contribution is -2.47. The van der Waals surface area contributed by atoms with Gasteiger partial charge in [-0.1, -0.05) is 30.3 Å². The lowest BCUT2D eigenvalue weighted by Gasteiger charge is -2.16. The van der Waals surface area contributed by atoms with Crippen molar-refractivity contribution in [1.82, 2.24) is 30.0 Å². The summed E-state index contributed by atoms with van der Waals surface area (Å²) in [5.74, 6) is -2.50. The van der Waals surface area contributed by atoms with Gasteiger partial charge in [-0.2, -0.15) is 19.7 Å². The van der Waals surface area contributed by atoms with Gasteiger partial charge in [0.2, 0.25) is 5.78 Å². The van der Waals surface area contributed by atoms with Crippen molar-refractivity contribution in [3.63, 3.8) is 0 Å². The van der Waals surface area contributed by atoms with E-state index < -0.39 is 23.6 Å². The van der Waals surface area contributed by atoms with Crippen molar-refractivity contribution >= 4 is 17.6 Å². The number of hydrogen-bond acceptors (Lipinski definition) is 7. The first-order chi connectivity index (χ1) is 13.1. The Bertz CT molecular complexity index is 957. The van der Waals surface area contributed by atoms with Gasteiger partial charge in [0.15, 0.2) is 0 Å². The molecule has 10 nitrogen and oxygen atoms in total. The summed E-state index contributed by atoms with van der Waals surface area (Å²) in [5.41, 5.74) is 5.98. The van der Waals surface area contributed by atoms with E-state index >= 15 is 0 Å². The molecule has 10 heteroatoms. The van der Waals surface area contributed by atoms with Crippen LogP contribution < -0.4 is 11.1 Å². The Kier molecular flexibility index (Phi) is 5.26. The van der Waals surface area contributed by atoms with Crippen LogP contribution in [0.3, 0.4) is 0 Å². The molecule has 136 valence electrons. The molecule has 0 aliphatic rings. The van der Waals surface area contributed by atoms with E-state index in [-0.39, 0.29) is 18.1 Å². The number of carbonyl (C=O) groups excluding carboxylic acids is 3. The number of aromatic nitrogens is 5. The summed E-state index contributed by atoms with van der Waals surface area (Å²) in [6.45, 7) is 0.